The first kappa shape index (κ1) is 19.1. The molecule has 0 saturated heterocycles. The summed E-state index contributed by atoms with van der Waals surface area (Å²) in [5.41, 5.74) is 6.36. The van der Waals surface area contributed by atoms with Gasteiger partial charge in [-0.3, -0.25) is 0 Å². The quantitative estimate of drug-likeness (QED) is 0.207. The van der Waals surface area contributed by atoms with E-state index in [1.807, 2.05) is 30.3 Å². The van der Waals surface area contributed by atoms with Gasteiger partial charge in [-0.25, -0.2) is 4.98 Å². The van der Waals surface area contributed by atoms with Gasteiger partial charge in [-0.15, -0.1) is 0 Å². The molecule has 0 atom stereocenters. The van der Waals surface area contributed by atoms with Gasteiger partial charge in [0.1, 0.15) is 6.29 Å². The van der Waals surface area contributed by atoms with Crippen LogP contribution in [0.15, 0.2) is 78.0 Å². The van der Waals surface area contributed by atoms with Gasteiger partial charge in [0.2, 0.25) is 0 Å². The molecule has 0 aliphatic heterocycles. The number of aromatic nitrogens is 2. The molecule has 0 unspecified atom stereocenters. The number of carbonyl (C=O) groups excluding carboxylic acids is 1. The van der Waals surface area contributed by atoms with Crippen molar-refractivity contribution in [3.05, 3.63) is 83.9 Å². The van der Waals surface area contributed by atoms with Crippen molar-refractivity contribution in [3.8, 4) is 11.1 Å². The fraction of sp³-hybridized carbons (Fsp3) is 0.231. The lowest BCUT2D eigenvalue weighted by molar-refractivity contribution is -0.111. The number of H-pyrrole nitrogens is 1. The maximum absolute atomic E-state index is 12.4. The van der Waals surface area contributed by atoms with E-state index in [4.69, 9.17) is 0 Å². The predicted molar refractivity (Wildman–Crippen MR) is 124 cm³/mol. The molecule has 4 heteroatoms. The summed E-state index contributed by atoms with van der Waals surface area (Å²) in [6, 6.07) is 24.9. The van der Waals surface area contributed by atoms with Gasteiger partial charge < -0.3 is 9.78 Å². The summed E-state index contributed by atoms with van der Waals surface area (Å²) in [4.78, 5) is 20.4. The summed E-state index contributed by atoms with van der Waals surface area (Å²) in [7, 11) is 0. The lowest BCUT2D eigenvalue weighted by Gasteiger charge is -2.25. The molecule has 4 aromatic rings. The number of para-hydroxylation sites is 2. The van der Waals surface area contributed by atoms with Gasteiger partial charge in [0.25, 0.3) is 0 Å². The van der Waals surface area contributed by atoms with Gasteiger partial charge in [0.05, 0.1) is 16.4 Å². The molecule has 30 heavy (non-hydrogen) atoms. The zero-order valence-corrected chi connectivity index (χ0v) is 17.6. The van der Waals surface area contributed by atoms with Crippen LogP contribution in [0.25, 0.3) is 22.2 Å². The summed E-state index contributed by atoms with van der Waals surface area (Å²) in [6.45, 7) is 0. The van der Waals surface area contributed by atoms with Crippen LogP contribution in [0.1, 0.15) is 36.8 Å². The lowest BCUT2D eigenvalue weighted by Crippen LogP contribution is -2.27. The van der Waals surface area contributed by atoms with Crippen molar-refractivity contribution in [1.82, 2.24) is 9.97 Å². The van der Waals surface area contributed by atoms with E-state index >= 15 is 0 Å². The number of benzene rings is 3. The van der Waals surface area contributed by atoms with Crippen LogP contribution in [-0.2, 0) is 10.2 Å². The van der Waals surface area contributed by atoms with Crippen molar-refractivity contribution >= 4 is 29.1 Å². The van der Waals surface area contributed by atoms with E-state index in [0.29, 0.717) is 0 Å². The van der Waals surface area contributed by atoms with Gasteiger partial charge in [0, 0.05) is 5.75 Å². The van der Waals surface area contributed by atoms with Crippen LogP contribution in [0.5, 0.6) is 0 Å². The molecule has 5 rings (SSSR count). The first-order valence-corrected chi connectivity index (χ1v) is 11.5. The average molecular weight is 413 g/mol. The van der Waals surface area contributed by atoms with Crippen LogP contribution < -0.4 is 0 Å². The molecule has 3 nitrogen and oxygen atoms in total. The zero-order valence-electron chi connectivity index (χ0n) is 16.8. The first-order chi connectivity index (χ1) is 14.8. The van der Waals surface area contributed by atoms with Crippen molar-refractivity contribution in [2.45, 2.75) is 36.3 Å². The van der Waals surface area contributed by atoms with Crippen LogP contribution in [0, 0.1) is 0 Å². The number of nitrogens with zero attached hydrogens (tertiary/aromatic N) is 1. The predicted octanol–water partition coefficient (Wildman–Crippen LogP) is 6.38. The lowest BCUT2D eigenvalue weighted by atomic mass is 9.75. The Hall–Kier alpha value is -2.85. The van der Waals surface area contributed by atoms with Crippen LogP contribution >= 0.6 is 11.8 Å². The molecular formula is C26H24N2OS. The molecule has 1 aliphatic carbocycles. The number of hydrogen-bond donors (Lipinski definition) is 1. The number of imidazole rings is 1. The second-order valence-corrected chi connectivity index (χ2v) is 8.98. The maximum atomic E-state index is 12.4. The third-order valence-electron chi connectivity index (χ3n) is 6.13. The highest BCUT2D eigenvalue weighted by Crippen LogP contribution is 2.50. The van der Waals surface area contributed by atoms with Crippen molar-refractivity contribution in [2.24, 2.45) is 0 Å². The molecule has 0 amide bonds. The van der Waals surface area contributed by atoms with E-state index in [1.54, 1.807) is 11.8 Å². The number of rotatable bonds is 8. The highest BCUT2D eigenvalue weighted by molar-refractivity contribution is 7.99. The Morgan fingerprint density at radius 2 is 1.50 bits per heavy atom. The van der Waals surface area contributed by atoms with Crippen LogP contribution in [0.3, 0.4) is 0 Å². The normalized spacial score (nSPS) is 13.9. The molecule has 1 aliphatic rings. The van der Waals surface area contributed by atoms with E-state index in [-0.39, 0.29) is 0 Å². The Bertz CT molecular complexity index is 1120. The minimum atomic E-state index is -0.501. The number of thioether (sulfide) groups is 1. The number of aldehydes is 1. The molecule has 0 spiro atoms. The van der Waals surface area contributed by atoms with Crippen molar-refractivity contribution in [2.75, 3.05) is 5.75 Å². The van der Waals surface area contributed by atoms with Crippen LogP contribution in [0.2, 0.25) is 0 Å². The van der Waals surface area contributed by atoms with Gasteiger partial charge in [-0.1, -0.05) is 85.3 Å². The first-order valence-electron chi connectivity index (χ1n) is 10.5. The molecule has 0 bridgehead atoms. The van der Waals surface area contributed by atoms with Crippen LogP contribution in [-0.4, -0.2) is 22.0 Å². The van der Waals surface area contributed by atoms with E-state index < -0.39 is 5.41 Å². The molecule has 1 aromatic heterocycles. The van der Waals surface area contributed by atoms with E-state index in [2.05, 4.69) is 52.4 Å². The third kappa shape index (κ3) is 3.25. The average Bonchev–Trinajstić information content (AvgIpc) is 3.33. The van der Waals surface area contributed by atoms with E-state index in [9.17, 15) is 4.79 Å². The fourth-order valence-electron chi connectivity index (χ4n) is 4.66. The molecule has 0 radical (unpaired) electrons. The Kier molecular flexibility index (Phi) is 5.17. The summed E-state index contributed by atoms with van der Waals surface area (Å²) in [6.07, 6.45) is 5.29. The molecule has 150 valence electrons. The fourth-order valence-corrected chi connectivity index (χ4v) is 5.55. The van der Waals surface area contributed by atoms with Gasteiger partial charge in [-0.05, 0) is 47.2 Å². The summed E-state index contributed by atoms with van der Waals surface area (Å²) in [5, 5.41) is 0.985. The number of nitrogens with one attached hydrogen (secondary N) is 1. The third-order valence-corrected chi connectivity index (χ3v) is 7.09. The summed E-state index contributed by atoms with van der Waals surface area (Å²) in [5.74, 6) is 1.03. The molecule has 0 saturated carbocycles. The Labute approximate surface area is 180 Å². The number of hydrogen-bond acceptors (Lipinski definition) is 3. The van der Waals surface area contributed by atoms with E-state index in [0.717, 1.165) is 58.8 Å². The standard InChI is InChI=1S/C26H24N2OS/c29-18-26(21-12-4-2-10-19(21)20-11-3-5-13-22(20)26)16-8-1-9-17-30-25-27-23-14-6-7-15-24(23)28-25/h2-7,10-15,18H,1,8-9,16-17H2,(H,27,28). The van der Waals surface area contributed by atoms with Gasteiger partial charge in [0.15, 0.2) is 5.16 Å². The number of aromatic amines is 1. The topological polar surface area (TPSA) is 45.8 Å². The Balaban J connectivity index is 1.22. The molecule has 3 aromatic carbocycles. The molecule has 1 N–H and O–H groups in total. The zero-order chi connectivity index (χ0) is 20.4. The summed E-state index contributed by atoms with van der Waals surface area (Å²) >= 11 is 1.77. The van der Waals surface area contributed by atoms with E-state index in [1.165, 1.54) is 17.4 Å². The minimum absolute atomic E-state index is 0.501. The van der Waals surface area contributed by atoms with Crippen molar-refractivity contribution < 1.29 is 4.79 Å². The van der Waals surface area contributed by atoms with Crippen molar-refractivity contribution in [3.63, 3.8) is 0 Å². The highest BCUT2D eigenvalue weighted by Gasteiger charge is 2.42. The molecule has 0 fully saturated rings. The van der Waals surface area contributed by atoms with Gasteiger partial charge >= 0.3 is 0 Å². The maximum Gasteiger partial charge on any atom is 0.166 e. The number of carbonyl (C=O) groups is 1. The minimum Gasteiger partial charge on any atom is -0.333 e. The Morgan fingerprint density at radius 1 is 0.833 bits per heavy atom. The largest absolute Gasteiger partial charge is 0.333 e. The summed E-state index contributed by atoms with van der Waals surface area (Å²) < 4.78 is 0. The second-order valence-electron chi connectivity index (χ2n) is 7.90. The molecular weight excluding hydrogens is 388 g/mol. The van der Waals surface area contributed by atoms with Gasteiger partial charge in [-0.2, -0.15) is 0 Å². The van der Waals surface area contributed by atoms with Crippen LogP contribution in [0.4, 0.5) is 0 Å². The second kappa shape index (κ2) is 8.11. The number of unbranched alkanes of at least 4 members (excludes halogenated alkanes) is 2. The highest BCUT2D eigenvalue weighted by atomic mass is 32.2. The smallest absolute Gasteiger partial charge is 0.166 e. The monoisotopic (exact) mass is 412 g/mol. The number of fused-ring (bicyclic) bond motifs is 4. The Morgan fingerprint density at radius 3 is 2.20 bits per heavy atom. The van der Waals surface area contributed by atoms with Crippen molar-refractivity contribution in [1.29, 1.82) is 0 Å². The SMILES string of the molecule is O=CC1(CCCCCSc2nc3ccccc3[nH]2)c2ccccc2-c2ccccc21. The molecule has 1 heterocycles.